The van der Waals surface area contributed by atoms with Crippen LogP contribution in [0.3, 0.4) is 0 Å². The molecule has 6 aromatic rings. The van der Waals surface area contributed by atoms with Crippen LogP contribution in [0.4, 0.5) is 0 Å². The van der Waals surface area contributed by atoms with Crippen LogP contribution >= 0.6 is 0 Å². The largest absolute Gasteiger partial charge is 0.456 e. The molecule has 0 amide bonds. The van der Waals surface area contributed by atoms with Gasteiger partial charge in [-0.3, -0.25) is 4.90 Å². The number of hydrogen-bond donors (Lipinski definition) is 2. The van der Waals surface area contributed by atoms with Crippen molar-refractivity contribution in [3.8, 4) is 22.3 Å². The van der Waals surface area contributed by atoms with Crippen molar-refractivity contribution in [2.24, 2.45) is 0 Å². The van der Waals surface area contributed by atoms with E-state index in [0.717, 1.165) is 82.5 Å². The predicted molar refractivity (Wildman–Crippen MR) is 167 cm³/mol. The van der Waals surface area contributed by atoms with Crippen molar-refractivity contribution in [1.82, 2.24) is 24.8 Å². The molecule has 7 heteroatoms. The SMILES string of the molecule is CN1CCN(Cc2ccc(-c3cnc4[nH]cc(-c5ccc6[nH]c(C(=O)OCc7ccccc7)cc6c5)c4c3)cc2)CC1. The van der Waals surface area contributed by atoms with Gasteiger partial charge in [0.1, 0.15) is 17.9 Å². The Morgan fingerprint density at radius 2 is 1.64 bits per heavy atom. The van der Waals surface area contributed by atoms with Gasteiger partial charge in [0.25, 0.3) is 0 Å². The number of piperazine rings is 1. The number of nitrogens with one attached hydrogen (secondary N) is 2. The molecule has 1 fully saturated rings. The molecular formula is C35H33N5O2. The van der Waals surface area contributed by atoms with Crippen molar-refractivity contribution in [2.45, 2.75) is 13.2 Å². The number of aromatic nitrogens is 3. The minimum atomic E-state index is -0.368. The van der Waals surface area contributed by atoms with Gasteiger partial charge in [-0.25, -0.2) is 9.78 Å². The maximum Gasteiger partial charge on any atom is 0.355 e. The molecule has 2 N–H and O–H groups in total. The van der Waals surface area contributed by atoms with E-state index in [9.17, 15) is 4.79 Å². The second kappa shape index (κ2) is 11.3. The number of ether oxygens (including phenoxy) is 1. The molecular weight excluding hydrogens is 522 g/mol. The van der Waals surface area contributed by atoms with Gasteiger partial charge in [-0.1, -0.05) is 60.7 Å². The Morgan fingerprint density at radius 3 is 2.45 bits per heavy atom. The lowest BCUT2D eigenvalue weighted by molar-refractivity contribution is 0.0467. The zero-order chi connectivity index (χ0) is 28.5. The van der Waals surface area contributed by atoms with E-state index in [-0.39, 0.29) is 12.6 Å². The summed E-state index contributed by atoms with van der Waals surface area (Å²) in [6, 6.07) is 28.8. The average Bonchev–Trinajstić information content (AvgIpc) is 3.66. The number of pyridine rings is 1. The zero-order valence-electron chi connectivity index (χ0n) is 23.6. The number of rotatable bonds is 7. The number of carbonyl (C=O) groups is 1. The highest BCUT2D eigenvalue weighted by Gasteiger charge is 2.16. The molecule has 1 aliphatic heterocycles. The van der Waals surface area contributed by atoms with E-state index in [1.54, 1.807) is 0 Å². The summed E-state index contributed by atoms with van der Waals surface area (Å²) in [5, 5.41) is 2.01. The summed E-state index contributed by atoms with van der Waals surface area (Å²) < 4.78 is 5.52. The van der Waals surface area contributed by atoms with E-state index < -0.39 is 0 Å². The highest BCUT2D eigenvalue weighted by Crippen LogP contribution is 2.33. The Balaban J connectivity index is 1.10. The van der Waals surface area contributed by atoms with Crippen molar-refractivity contribution in [3.05, 3.63) is 114 Å². The fourth-order valence-corrected chi connectivity index (χ4v) is 5.68. The van der Waals surface area contributed by atoms with Crippen LogP contribution in [0.2, 0.25) is 0 Å². The maximum absolute atomic E-state index is 12.7. The summed E-state index contributed by atoms with van der Waals surface area (Å²) in [5.74, 6) is -0.368. The molecule has 210 valence electrons. The number of benzene rings is 3. The lowest BCUT2D eigenvalue weighted by Crippen LogP contribution is -2.43. The first-order valence-electron chi connectivity index (χ1n) is 14.4. The standard InChI is InChI=1S/C35H33N5O2/c1-39-13-15-40(16-14-39)22-24-7-9-26(10-8-24)29-18-30-31(21-37-34(30)36-20-29)27-11-12-32-28(17-27)19-33(38-32)35(41)42-23-25-5-3-2-4-6-25/h2-12,17-21,38H,13-16,22-23H2,1H3,(H,36,37). The number of carbonyl (C=O) groups excluding carboxylic acids is 1. The Bertz CT molecular complexity index is 1850. The third-order valence-corrected chi connectivity index (χ3v) is 8.18. The minimum absolute atomic E-state index is 0.240. The maximum atomic E-state index is 12.7. The van der Waals surface area contributed by atoms with Crippen LogP contribution in [-0.4, -0.2) is 63.9 Å². The molecule has 0 bridgehead atoms. The van der Waals surface area contributed by atoms with E-state index in [1.807, 2.05) is 54.9 Å². The first kappa shape index (κ1) is 26.2. The van der Waals surface area contributed by atoms with Gasteiger partial charge < -0.3 is 19.6 Å². The Hall–Kier alpha value is -4.72. The highest BCUT2D eigenvalue weighted by molar-refractivity contribution is 6.00. The van der Waals surface area contributed by atoms with Crippen LogP contribution < -0.4 is 0 Å². The lowest BCUT2D eigenvalue weighted by Gasteiger charge is -2.32. The number of likely N-dealkylation sites (N-methyl/N-ethyl adjacent to an activating group) is 1. The van der Waals surface area contributed by atoms with E-state index in [1.165, 1.54) is 5.56 Å². The third-order valence-electron chi connectivity index (χ3n) is 8.18. The Kier molecular flexibility index (Phi) is 7.03. The number of hydrogen-bond acceptors (Lipinski definition) is 5. The Morgan fingerprint density at radius 1 is 0.857 bits per heavy atom. The van der Waals surface area contributed by atoms with Crippen molar-refractivity contribution >= 4 is 27.9 Å². The molecule has 1 aliphatic rings. The van der Waals surface area contributed by atoms with Crippen LogP contribution in [0.25, 0.3) is 44.2 Å². The lowest BCUT2D eigenvalue weighted by atomic mass is 10.0. The van der Waals surface area contributed by atoms with Gasteiger partial charge in [-0.15, -0.1) is 0 Å². The van der Waals surface area contributed by atoms with E-state index in [4.69, 9.17) is 9.72 Å². The topological polar surface area (TPSA) is 77.2 Å². The third kappa shape index (κ3) is 5.44. The van der Waals surface area contributed by atoms with Gasteiger partial charge >= 0.3 is 5.97 Å². The monoisotopic (exact) mass is 555 g/mol. The zero-order valence-corrected chi connectivity index (χ0v) is 23.6. The van der Waals surface area contributed by atoms with Gasteiger partial charge in [0, 0.05) is 72.5 Å². The molecule has 1 saturated heterocycles. The van der Waals surface area contributed by atoms with Crippen LogP contribution in [-0.2, 0) is 17.9 Å². The normalized spacial score (nSPS) is 14.5. The number of aromatic amines is 2. The fraction of sp³-hybridized carbons (Fsp3) is 0.200. The summed E-state index contributed by atoms with van der Waals surface area (Å²) in [5.41, 5.74) is 8.83. The molecule has 0 unspecified atom stereocenters. The van der Waals surface area contributed by atoms with E-state index in [2.05, 4.69) is 69.3 Å². The molecule has 0 spiro atoms. The summed E-state index contributed by atoms with van der Waals surface area (Å²) in [7, 11) is 2.19. The molecule has 4 heterocycles. The molecule has 7 nitrogen and oxygen atoms in total. The van der Waals surface area contributed by atoms with Gasteiger partial charge in [-0.05, 0) is 53.6 Å². The van der Waals surface area contributed by atoms with Crippen molar-refractivity contribution in [3.63, 3.8) is 0 Å². The van der Waals surface area contributed by atoms with Crippen LogP contribution in [0.15, 0.2) is 97.3 Å². The fourth-order valence-electron chi connectivity index (χ4n) is 5.68. The first-order valence-corrected chi connectivity index (χ1v) is 14.4. The summed E-state index contributed by atoms with van der Waals surface area (Å²) in [6.07, 6.45) is 3.93. The first-order chi connectivity index (χ1) is 20.6. The van der Waals surface area contributed by atoms with Gasteiger partial charge in [0.05, 0.1) is 0 Å². The molecule has 0 aliphatic carbocycles. The van der Waals surface area contributed by atoms with Crippen molar-refractivity contribution in [1.29, 1.82) is 0 Å². The molecule has 3 aromatic carbocycles. The molecule has 0 radical (unpaired) electrons. The molecule has 0 saturated carbocycles. The quantitative estimate of drug-likeness (QED) is 0.221. The van der Waals surface area contributed by atoms with E-state index >= 15 is 0 Å². The smallest absolute Gasteiger partial charge is 0.355 e. The predicted octanol–water partition coefficient (Wildman–Crippen LogP) is 6.48. The summed E-state index contributed by atoms with van der Waals surface area (Å²) in [6.45, 7) is 5.71. The second-order valence-electron chi connectivity index (χ2n) is 11.1. The van der Waals surface area contributed by atoms with Gasteiger partial charge in [0.2, 0.25) is 0 Å². The molecule has 0 atom stereocenters. The molecule has 7 rings (SSSR count). The Labute approximate surface area is 244 Å². The van der Waals surface area contributed by atoms with Crippen molar-refractivity contribution < 1.29 is 9.53 Å². The number of nitrogens with zero attached hydrogens (tertiary/aromatic N) is 3. The second-order valence-corrected chi connectivity index (χ2v) is 11.1. The van der Waals surface area contributed by atoms with Crippen LogP contribution in [0.1, 0.15) is 21.6 Å². The van der Waals surface area contributed by atoms with Crippen LogP contribution in [0.5, 0.6) is 0 Å². The molecule has 42 heavy (non-hydrogen) atoms. The van der Waals surface area contributed by atoms with Crippen LogP contribution in [0, 0.1) is 0 Å². The minimum Gasteiger partial charge on any atom is -0.456 e. The average molecular weight is 556 g/mol. The van der Waals surface area contributed by atoms with Gasteiger partial charge in [-0.2, -0.15) is 0 Å². The summed E-state index contributed by atoms with van der Waals surface area (Å²) in [4.78, 5) is 28.9. The van der Waals surface area contributed by atoms with Gasteiger partial charge in [0.15, 0.2) is 0 Å². The summed E-state index contributed by atoms with van der Waals surface area (Å²) >= 11 is 0. The number of H-pyrrole nitrogens is 2. The van der Waals surface area contributed by atoms with E-state index in [0.29, 0.717) is 5.69 Å². The highest BCUT2D eigenvalue weighted by atomic mass is 16.5. The van der Waals surface area contributed by atoms with Crippen molar-refractivity contribution in [2.75, 3.05) is 33.2 Å². The number of esters is 1. The number of fused-ring (bicyclic) bond motifs is 2. The molecule has 3 aromatic heterocycles.